The molecule has 2 rings (SSSR count). The molecule has 0 radical (unpaired) electrons. The van der Waals surface area contributed by atoms with Crippen LogP contribution in [0.4, 0.5) is 0 Å². The van der Waals surface area contributed by atoms with Gasteiger partial charge >= 0.3 is 0 Å². The molecule has 8 heteroatoms. The van der Waals surface area contributed by atoms with Crippen molar-refractivity contribution in [2.24, 2.45) is 11.5 Å². The number of primary amides is 1. The van der Waals surface area contributed by atoms with E-state index in [4.69, 9.17) is 11.5 Å². The fourth-order valence-electron chi connectivity index (χ4n) is 2.15. The van der Waals surface area contributed by atoms with Gasteiger partial charge in [0.25, 0.3) is 0 Å². The fraction of sp³-hybridized carbons (Fsp3) is 0.417. The summed E-state index contributed by atoms with van der Waals surface area (Å²) in [6.45, 7) is 2.42. The third-order valence-corrected chi connectivity index (χ3v) is 5.16. The molecule has 1 aliphatic rings. The van der Waals surface area contributed by atoms with Crippen molar-refractivity contribution in [3.8, 4) is 0 Å². The van der Waals surface area contributed by atoms with Crippen molar-refractivity contribution >= 4 is 28.3 Å². The SMILES string of the molecule is Cc1ccc(S(=O)(=O)N2CC[C@@H](N)C2)cc1C(N)=O.Cl. The molecular weight excluding hydrogens is 302 g/mol. The van der Waals surface area contributed by atoms with E-state index in [2.05, 4.69) is 0 Å². The summed E-state index contributed by atoms with van der Waals surface area (Å²) in [6.07, 6.45) is 0.647. The number of sulfonamides is 1. The normalized spacial score (nSPS) is 19.6. The van der Waals surface area contributed by atoms with Gasteiger partial charge in [-0.2, -0.15) is 4.31 Å². The monoisotopic (exact) mass is 319 g/mol. The minimum absolute atomic E-state index is 0. The zero-order valence-electron chi connectivity index (χ0n) is 11.1. The molecule has 1 saturated heterocycles. The van der Waals surface area contributed by atoms with Gasteiger partial charge in [0, 0.05) is 24.7 Å². The van der Waals surface area contributed by atoms with Gasteiger partial charge in [-0.1, -0.05) is 6.07 Å². The number of rotatable bonds is 3. The van der Waals surface area contributed by atoms with Crippen LogP contribution in [0.5, 0.6) is 0 Å². The van der Waals surface area contributed by atoms with E-state index in [0.29, 0.717) is 25.1 Å². The van der Waals surface area contributed by atoms with Crippen LogP contribution < -0.4 is 11.5 Å². The molecule has 0 spiro atoms. The number of nitrogens with two attached hydrogens (primary N) is 2. The minimum Gasteiger partial charge on any atom is -0.366 e. The zero-order chi connectivity index (χ0) is 14.2. The predicted octanol–water partition coefficient (Wildman–Crippen LogP) is 0.237. The summed E-state index contributed by atoms with van der Waals surface area (Å²) in [7, 11) is -3.60. The lowest BCUT2D eigenvalue weighted by atomic mass is 10.1. The summed E-state index contributed by atoms with van der Waals surface area (Å²) < 4.78 is 26.1. The predicted molar refractivity (Wildman–Crippen MR) is 78.3 cm³/mol. The molecule has 1 aliphatic heterocycles. The molecule has 0 saturated carbocycles. The Morgan fingerprint density at radius 2 is 2.05 bits per heavy atom. The number of carbonyl (C=O) groups excluding carboxylic acids is 1. The molecule has 0 aliphatic carbocycles. The van der Waals surface area contributed by atoms with Crippen LogP contribution in [0.2, 0.25) is 0 Å². The van der Waals surface area contributed by atoms with Crippen LogP contribution in [0.1, 0.15) is 22.3 Å². The molecule has 1 aromatic carbocycles. The van der Waals surface area contributed by atoms with E-state index >= 15 is 0 Å². The van der Waals surface area contributed by atoms with Gasteiger partial charge in [0.15, 0.2) is 0 Å². The first kappa shape index (κ1) is 16.9. The van der Waals surface area contributed by atoms with E-state index in [-0.39, 0.29) is 28.9 Å². The van der Waals surface area contributed by atoms with Gasteiger partial charge in [-0.15, -0.1) is 12.4 Å². The van der Waals surface area contributed by atoms with E-state index in [0.717, 1.165) is 0 Å². The van der Waals surface area contributed by atoms with Crippen molar-refractivity contribution in [1.29, 1.82) is 0 Å². The molecule has 4 N–H and O–H groups in total. The van der Waals surface area contributed by atoms with Crippen LogP contribution in [0.15, 0.2) is 23.1 Å². The Kier molecular flexibility index (Phi) is 5.15. The number of amides is 1. The first-order valence-electron chi connectivity index (χ1n) is 5.98. The first-order chi connectivity index (χ1) is 8.82. The maximum atomic E-state index is 12.4. The molecule has 0 bridgehead atoms. The van der Waals surface area contributed by atoms with Crippen LogP contribution >= 0.6 is 12.4 Å². The van der Waals surface area contributed by atoms with Crippen molar-refractivity contribution in [2.45, 2.75) is 24.3 Å². The van der Waals surface area contributed by atoms with Gasteiger partial charge in [-0.25, -0.2) is 8.42 Å². The smallest absolute Gasteiger partial charge is 0.249 e. The number of hydrogen-bond donors (Lipinski definition) is 2. The molecular formula is C12H18ClN3O3S. The third kappa shape index (κ3) is 3.12. The number of nitrogens with zero attached hydrogens (tertiary/aromatic N) is 1. The molecule has 1 atom stereocenters. The Bertz CT molecular complexity index is 618. The van der Waals surface area contributed by atoms with E-state index in [1.54, 1.807) is 13.0 Å². The van der Waals surface area contributed by atoms with Gasteiger partial charge in [-0.05, 0) is 31.0 Å². The lowest BCUT2D eigenvalue weighted by Crippen LogP contribution is -2.32. The molecule has 1 fully saturated rings. The average molecular weight is 320 g/mol. The highest BCUT2D eigenvalue weighted by Gasteiger charge is 2.31. The number of benzene rings is 1. The number of halogens is 1. The van der Waals surface area contributed by atoms with Crippen LogP contribution in [-0.2, 0) is 10.0 Å². The standard InChI is InChI=1S/C12H17N3O3S.ClH/c1-8-2-3-10(6-11(8)12(14)16)19(17,18)15-5-4-9(13)7-15;/h2-3,6,9H,4-5,7,13H2,1H3,(H2,14,16);1H/t9-;/m1./s1. The van der Waals surface area contributed by atoms with Crippen LogP contribution in [0.3, 0.4) is 0 Å². The molecule has 0 aromatic heterocycles. The van der Waals surface area contributed by atoms with Crippen LogP contribution in [0.25, 0.3) is 0 Å². The topological polar surface area (TPSA) is 106 Å². The fourth-order valence-corrected chi connectivity index (χ4v) is 3.69. The van der Waals surface area contributed by atoms with Crippen molar-refractivity contribution in [3.05, 3.63) is 29.3 Å². The summed E-state index contributed by atoms with van der Waals surface area (Å²) in [4.78, 5) is 11.4. The van der Waals surface area contributed by atoms with Crippen LogP contribution in [0, 0.1) is 6.92 Å². The summed E-state index contributed by atoms with van der Waals surface area (Å²) >= 11 is 0. The lowest BCUT2D eigenvalue weighted by molar-refractivity contribution is 0.0999. The van der Waals surface area contributed by atoms with Gasteiger partial charge in [0.2, 0.25) is 15.9 Å². The second-order valence-corrected chi connectivity index (χ2v) is 6.69. The van der Waals surface area contributed by atoms with E-state index in [9.17, 15) is 13.2 Å². The van der Waals surface area contributed by atoms with Gasteiger partial charge < -0.3 is 11.5 Å². The van der Waals surface area contributed by atoms with Crippen molar-refractivity contribution < 1.29 is 13.2 Å². The zero-order valence-corrected chi connectivity index (χ0v) is 12.7. The van der Waals surface area contributed by atoms with Crippen molar-refractivity contribution in [3.63, 3.8) is 0 Å². The van der Waals surface area contributed by atoms with Gasteiger partial charge in [0.1, 0.15) is 0 Å². The van der Waals surface area contributed by atoms with Crippen molar-refractivity contribution in [2.75, 3.05) is 13.1 Å². The second kappa shape index (κ2) is 6.09. The highest BCUT2D eigenvalue weighted by Crippen LogP contribution is 2.22. The van der Waals surface area contributed by atoms with Gasteiger partial charge in [0.05, 0.1) is 4.90 Å². The second-order valence-electron chi connectivity index (χ2n) is 4.75. The van der Waals surface area contributed by atoms with Crippen LogP contribution in [-0.4, -0.2) is 37.8 Å². The summed E-state index contributed by atoms with van der Waals surface area (Å²) in [5, 5.41) is 0. The quantitative estimate of drug-likeness (QED) is 0.832. The summed E-state index contributed by atoms with van der Waals surface area (Å²) in [5.74, 6) is -0.632. The Morgan fingerprint density at radius 1 is 1.40 bits per heavy atom. The summed E-state index contributed by atoms with van der Waals surface area (Å²) in [5.41, 5.74) is 11.8. The van der Waals surface area contributed by atoms with E-state index in [1.807, 2.05) is 0 Å². The number of carbonyl (C=O) groups is 1. The highest BCUT2D eigenvalue weighted by atomic mass is 35.5. The third-order valence-electron chi connectivity index (χ3n) is 3.30. The molecule has 112 valence electrons. The Hall–Kier alpha value is -1.15. The highest BCUT2D eigenvalue weighted by molar-refractivity contribution is 7.89. The van der Waals surface area contributed by atoms with Gasteiger partial charge in [-0.3, -0.25) is 4.79 Å². The first-order valence-corrected chi connectivity index (χ1v) is 7.42. The molecule has 1 aromatic rings. The lowest BCUT2D eigenvalue weighted by Gasteiger charge is -2.16. The summed E-state index contributed by atoms with van der Waals surface area (Å²) in [6, 6.07) is 4.27. The average Bonchev–Trinajstić information content (AvgIpc) is 2.76. The largest absolute Gasteiger partial charge is 0.366 e. The Balaban J connectivity index is 0.00000200. The molecule has 1 amide bonds. The van der Waals surface area contributed by atoms with E-state index in [1.165, 1.54) is 16.4 Å². The number of aryl methyl sites for hydroxylation is 1. The minimum atomic E-state index is -3.60. The molecule has 1 heterocycles. The molecule has 20 heavy (non-hydrogen) atoms. The van der Waals surface area contributed by atoms with Crippen molar-refractivity contribution in [1.82, 2.24) is 4.31 Å². The molecule has 0 unspecified atom stereocenters. The molecule has 6 nitrogen and oxygen atoms in total. The maximum absolute atomic E-state index is 12.4. The van der Waals surface area contributed by atoms with E-state index < -0.39 is 15.9 Å². The maximum Gasteiger partial charge on any atom is 0.249 e. The number of hydrogen-bond acceptors (Lipinski definition) is 4. The Morgan fingerprint density at radius 3 is 2.55 bits per heavy atom. The Labute approximate surface area is 124 Å².